The van der Waals surface area contributed by atoms with Crippen LogP contribution in [0.15, 0.2) is 109 Å². The molecule has 9 heteroatoms. The summed E-state index contributed by atoms with van der Waals surface area (Å²) in [6, 6.07) is 32.7. The predicted octanol–water partition coefficient (Wildman–Crippen LogP) is 5.75. The van der Waals surface area contributed by atoms with Crippen molar-refractivity contribution < 1.29 is 22.7 Å². The summed E-state index contributed by atoms with van der Waals surface area (Å²) in [5.41, 5.74) is 4.05. The number of rotatable bonds is 15. The fourth-order valence-corrected chi connectivity index (χ4v) is 5.86. The summed E-state index contributed by atoms with van der Waals surface area (Å²) in [5, 5.41) is 3.00. The van der Waals surface area contributed by atoms with Crippen molar-refractivity contribution in [2.24, 2.45) is 5.92 Å². The highest BCUT2D eigenvalue weighted by Crippen LogP contribution is 2.24. The van der Waals surface area contributed by atoms with Crippen LogP contribution in [0.5, 0.6) is 5.75 Å². The van der Waals surface area contributed by atoms with Crippen LogP contribution in [0.1, 0.15) is 36.1 Å². The maximum Gasteiger partial charge on any atom is 0.244 e. The zero-order valence-corrected chi connectivity index (χ0v) is 27.7. The van der Waals surface area contributed by atoms with E-state index in [2.05, 4.69) is 5.32 Å². The van der Waals surface area contributed by atoms with E-state index in [1.165, 1.54) is 4.90 Å². The Bertz CT molecular complexity index is 1680. The molecule has 0 fully saturated rings. The van der Waals surface area contributed by atoms with E-state index in [4.69, 9.17) is 4.74 Å². The number of benzene rings is 4. The van der Waals surface area contributed by atoms with E-state index in [-0.39, 0.29) is 24.8 Å². The molecule has 0 saturated heterocycles. The number of sulfonamides is 1. The highest BCUT2D eigenvalue weighted by molar-refractivity contribution is 7.92. The molecule has 1 atom stereocenters. The van der Waals surface area contributed by atoms with Gasteiger partial charge in [-0.15, -0.1) is 0 Å². The summed E-state index contributed by atoms with van der Waals surface area (Å²) < 4.78 is 33.2. The number of carbonyl (C=O) groups is 2. The van der Waals surface area contributed by atoms with Crippen LogP contribution in [0.2, 0.25) is 0 Å². The van der Waals surface area contributed by atoms with Gasteiger partial charge in [-0.2, -0.15) is 0 Å². The lowest BCUT2D eigenvalue weighted by molar-refractivity contribution is -0.140. The first-order chi connectivity index (χ1) is 22.0. The topological polar surface area (TPSA) is 96.0 Å². The van der Waals surface area contributed by atoms with E-state index in [0.29, 0.717) is 24.6 Å². The van der Waals surface area contributed by atoms with Crippen LogP contribution in [-0.2, 0) is 39.2 Å². The van der Waals surface area contributed by atoms with Crippen LogP contribution in [0, 0.1) is 12.8 Å². The number of ether oxygens (including phenoxy) is 1. The first-order valence-electron chi connectivity index (χ1n) is 15.4. The molecule has 0 aromatic heterocycles. The molecule has 4 aromatic rings. The van der Waals surface area contributed by atoms with Gasteiger partial charge in [-0.05, 0) is 59.4 Å². The highest BCUT2D eigenvalue weighted by Gasteiger charge is 2.33. The quantitative estimate of drug-likeness (QED) is 0.178. The van der Waals surface area contributed by atoms with Gasteiger partial charge in [0, 0.05) is 19.5 Å². The summed E-state index contributed by atoms with van der Waals surface area (Å²) in [6.45, 7) is 6.44. The summed E-state index contributed by atoms with van der Waals surface area (Å²) >= 11 is 0. The molecule has 0 heterocycles. The Labute approximate surface area is 273 Å². The highest BCUT2D eigenvalue weighted by atomic mass is 32.2. The van der Waals surface area contributed by atoms with E-state index in [0.717, 1.165) is 32.8 Å². The zero-order chi connectivity index (χ0) is 33.1. The van der Waals surface area contributed by atoms with Crippen molar-refractivity contribution in [3.8, 4) is 5.75 Å². The number of hydrogen-bond acceptors (Lipinski definition) is 5. The third kappa shape index (κ3) is 9.94. The summed E-state index contributed by atoms with van der Waals surface area (Å²) in [5.74, 6) is 0.00421. The molecular formula is C37H43N3O5S. The molecule has 0 spiro atoms. The van der Waals surface area contributed by atoms with E-state index >= 15 is 0 Å². The SMILES string of the molecule is Cc1ccccc1CN(C(=O)CN(c1ccc(OCc2ccccc2)cc1)S(C)(=O)=O)[C@H](Cc1ccccc1)C(=O)NCC(C)C. The summed E-state index contributed by atoms with van der Waals surface area (Å²) in [6.07, 6.45) is 1.34. The maximum atomic E-state index is 14.3. The van der Waals surface area contributed by atoms with Crippen LogP contribution >= 0.6 is 0 Å². The maximum absolute atomic E-state index is 14.3. The molecule has 0 aliphatic heterocycles. The molecule has 0 bridgehead atoms. The fourth-order valence-electron chi connectivity index (χ4n) is 5.01. The van der Waals surface area contributed by atoms with Gasteiger partial charge in [0.2, 0.25) is 21.8 Å². The van der Waals surface area contributed by atoms with Crippen LogP contribution in [0.3, 0.4) is 0 Å². The third-order valence-corrected chi connectivity index (χ3v) is 8.75. The first kappa shape index (κ1) is 34.2. The third-order valence-electron chi connectivity index (χ3n) is 7.61. The van der Waals surface area contributed by atoms with E-state index in [1.807, 2.05) is 106 Å². The fraction of sp³-hybridized carbons (Fsp3) is 0.297. The van der Waals surface area contributed by atoms with Crippen molar-refractivity contribution in [2.45, 2.75) is 46.4 Å². The largest absolute Gasteiger partial charge is 0.489 e. The second-order valence-corrected chi connectivity index (χ2v) is 13.7. The van der Waals surface area contributed by atoms with Crippen molar-refractivity contribution in [1.29, 1.82) is 0 Å². The van der Waals surface area contributed by atoms with Gasteiger partial charge >= 0.3 is 0 Å². The standard InChI is InChI=1S/C37H43N3O5S/c1-28(2)24-38-37(42)35(23-30-14-7-5-8-15-30)39(25-32-18-12-11-13-29(32)3)36(41)26-40(46(4,43)44)33-19-21-34(22-20-33)45-27-31-16-9-6-10-17-31/h5-22,28,35H,23-27H2,1-4H3,(H,38,42)/t35-/m1/s1. The number of carbonyl (C=O) groups excluding carboxylic acids is 2. The molecule has 0 unspecified atom stereocenters. The monoisotopic (exact) mass is 641 g/mol. The van der Waals surface area contributed by atoms with E-state index in [9.17, 15) is 18.0 Å². The number of anilines is 1. The molecule has 0 aliphatic carbocycles. The number of aryl methyl sites for hydroxylation is 1. The predicted molar refractivity (Wildman–Crippen MR) is 183 cm³/mol. The Hall–Kier alpha value is -4.63. The average molecular weight is 642 g/mol. The lowest BCUT2D eigenvalue weighted by atomic mass is 10.0. The molecule has 4 rings (SSSR count). The molecule has 8 nitrogen and oxygen atoms in total. The number of nitrogens with one attached hydrogen (secondary N) is 1. The molecule has 0 saturated carbocycles. The van der Waals surface area contributed by atoms with Gasteiger partial charge in [0.25, 0.3) is 0 Å². The van der Waals surface area contributed by atoms with Gasteiger partial charge < -0.3 is 15.0 Å². The Morgan fingerprint density at radius 3 is 1.98 bits per heavy atom. The molecule has 1 N–H and O–H groups in total. The second kappa shape index (κ2) is 16.1. The smallest absolute Gasteiger partial charge is 0.244 e. The lowest BCUT2D eigenvalue weighted by Crippen LogP contribution is -2.53. The Morgan fingerprint density at radius 2 is 1.39 bits per heavy atom. The summed E-state index contributed by atoms with van der Waals surface area (Å²) in [7, 11) is -3.88. The van der Waals surface area contributed by atoms with Crippen LogP contribution in [0.4, 0.5) is 5.69 Å². The van der Waals surface area contributed by atoms with Crippen molar-refractivity contribution in [1.82, 2.24) is 10.2 Å². The first-order valence-corrected chi connectivity index (χ1v) is 17.3. The second-order valence-electron chi connectivity index (χ2n) is 11.8. The van der Waals surface area contributed by atoms with Crippen molar-refractivity contribution >= 4 is 27.5 Å². The number of amides is 2. The number of nitrogens with zero attached hydrogens (tertiary/aromatic N) is 2. The van der Waals surface area contributed by atoms with Gasteiger partial charge in [-0.25, -0.2) is 8.42 Å². The van der Waals surface area contributed by atoms with Crippen molar-refractivity contribution in [2.75, 3.05) is 23.7 Å². The Morgan fingerprint density at radius 1 is 0.804 bits per heavy atom. The molecule has 46 heavy (non-hydrogen) atoms. The molecular weight excluding hydrogens is 598 g/mol. The van der Waals surface area contributed by atoms with Crippen LogP contribution in [-0.4, -0.2) is 50.5 Å². The molecule has 4 aromatic carbocycles. The van der Waals surface area contributed by atoms with Crippen molar-refractivity contribution in [3.05, 3.63) is 131 Å². The van der Waals surface area contributed by atoms with Gasteiger partial charge in [0.1, 0.15) is 24.9 Å². The number of hydrogen-bond donors (Lipinski definition) is 1. The Kier molecular flexibility index (Phi) is 12.0. The van der Waals surface area contributed by atoms with Crippen molar-refractivity contribution in [3.63, 3.8) is 0 Å². The molecule has 242 valence electrons. The van der Waals surface area contributed by atoms with Crippen LogP contribution < -0.4 is 14.4 Å². The van der Waals surface area contributed by atoms with Gasteiger partial charge in [-0.1, -0.05) is 98.8 Å². The minimum Gasteiger partial charge on any atom is -0.489 e. The molecule has 2 amide bonds. The Balaban J connectivity index is 1.64. The minimum atomic E-state index is -3.88. The molecule has 0 aliphatic rings. The minimum absolute atomic E-state index is 0.141. The lowest BCUT2D eigenvalue weighted by Gasteiger charge is -2.34. The van der Waals surface area contributed by atoms with E-state index < -0.39 is 28.5 Å². The van der Waals surface area contributed by atoms with Gasteiger partial charge in [0.15, 0.2) is 0 Å². The summed E-state index contributed by atoms with van der Waals surface area (Å²) in [4.78, 5) is 29.6. The van der Waals surface area contributed by atoms with Crippen LogP contribution in [0.25, 0.3) is 0 Å². The van der Waals surface area contributed by atoms with Gasteiger partial charge in [0.05, 0.1) is 11.9 Å². The molecule has 0 radical (unpaired) electrons. The zero-order valence-electron chi connectivity index (χ0n) is 26.9. The average Bonchev–Trinajstić information content (AvgIpc) is 3.04. The normalized spacial score (nSPS) is 11.9. The van der Waals surface area contributed by atoms with E-state index in [1.54, 1.807) is 24.3 Å². The van der Waals surface area contributed by atoms with Gasteiger partial charge in [-0.3, -0.25) is 13.9 Å².